The van der Waals surface area contributed by atoms with Crippen LogP contribution in [0.4, 0.5) is 4.79 Å². The van der Waals surface area contributed by atoms with Crippen LogP contribution in [0.5, 0.6) is 0 Å². The third kappa shape index (κ3) is 3.88. The Bertz CT molecular complexity index is 559. The number of fused-ring (bicyclic) bond motifs is 1. The summed E-state index contributed by atoms with van der Waals surface area (Å²) in [5.41, 5.74) is 0. The van der Waals surface area contributed by atoms with Crippen molar-refractivity contribution in [3.63, 3.8) is 0 Å². The first-order chi connectivity index (χ1) is 11.7. The first-order valence-corrected chi connectivity index (χ1v) is 9.32. The first kappa shape index (κ1) is 17.2. The van der Waals surface area contributed by atoms with Gasteiger partial charge in [-0.2, -0.15) is 5.10 Å². The Hall–Kier alpha value is -1.63. The van der Waals surface area contributed by atoms with Crippen molar-refractivity contribution in [1.29, 1.82) is 0 Å². The van der Waals surface area contributed by atoms with E-state index in [9.17, 15) is 9.90 Å². The van der Waals surface area contributed by atoms with Gasteiger partial charge < -0.3 is 15.7 Å². The topological polar surface area (TPSA) is 92.1 Å². The molecule has 7 heteroatoms. The first-order valence-electron chi connectivity index (χ1n) is 9.32. The van der Waals surface area contributed by atoms with Gasteiger partial charge in [0, 0.05) is 31.5 Å². The fourth-order valence-electron chi connectivity index (χ4n) is 3.85. The van der Waals surface area contributed by atoms with Crippen molar-refractivity contribution in [3.8, 4) is 0 Å². The summed E-state index contributed by atoms with van der Waals surface area (Å²) >= 11 is 0. The minimum Gasteiger partial charge on any atom is -0.396 e. The van der Waals surface area contributed by atoms with Crippen LogP contribution in [0.3, 0.4) is 0 Å². The number of hydrogen-bond donors (Lipinski definition) is 3. The van der Waals surface area contributed by atoms with Gasteiger partial charge in [-0.1, -0.05) is 26.2 Å². The quantitative estimate of drug-likeness (QED) is 0.733. The zero-order valence-corrected chi connectivity index (χ0v) is 14.5. The van der Waals surface area contributed by atoms with E-state index >= 15 is 0 Å². The molecule has 1 aliphatic carbocycles. The molecule has 1 saturated carbocycles. The number of carbonyl (C=O) groups excluding carboxylic acids is 1. The Morgan fingerprint density at radius 1 is 1.21 bits per heavy atom. The molecule has 3 N–H and O–H groups in total. The van der Waals surface area contributed by atoms with Gasteiger partial charge in [0.15, 0.2) is 5.82 Å². The average Bonchev–Trinajstić information content (AvgIpc) is 2.89. The second-order valence-electron chi connectivity index (χ2n) is 6.96. The number of hydrogen-bond acceptors (Lipinski definition) is 4. The maximum absolute atomic E-state index is 12.5. The van der Waals surface area contributed by atoms with Crippen molar-refractivity contribution in [2.75, 3.05) is 6.61 Å². The summed E-state index contributed by atoms with van der Waals surface area (Å²) in [4.78, 5) is 17.0. The summed E-state index contributed by atoms with van der Waals surface area (Å²) in [6, 6.07) is -0.171. The summed E-state index contributed by atoms with van der Waals surface area (Å²) in [7, 11) is 0. The number of urea groups is 1. The zero-order valence-electron chi connectivity index (χ0n) is 14.5. The molecule has 0 aromatic carbocycles. The number of amides is 2. The van der Waals surface area contributed by atoms with Crippen LogP contribution in [0.1, 0.15) is 69.6 Å². The van der Waals surface area contributed by atoms with E-state index in [0.717, 1.165) is 63.1 Å². The van der Waals surface area contributed by atoms with Crippen LogP contribution in [-0.2, 0) is 13.0 Å². The molecule has 0 radical (unpaired) electrons. The van der Waals surface area contributed by atoms with Gasteiger partial charge in [0.25, 0.3) is 0 Å². The van der Waals surface area contributed by atoms with Crippen molar-refractivity contribution in [2.45, 2.75) is 76.9 Å². The van der Waals surface area contributed by atoms with E-state index < -0.39 is 0 Å². The van der Waals surface area contributed by atoms with E-state index in [1.807, 2.05) is 11.6 Å². The number of aryl methyl sites for hydroxylation is 2. The number of aromatic nitrogens is 3. The Balaban J connectivity index is 1.62. The average molecular weight is 335 g/mol. The van der Waals surface area contributed by atoms with E-state index in [2.05, 4.69) is 20.7 Å². The fourth-order valence-corrected chi connectivity index (χ4v) is 3.85. The minimum absolute atomic E-state index is 0.0603. The molecule has 0 spiro atoms. The lowest BCUT2D eigenvalue weighted by molar-refractivity contribution is 0.177. The number of aliphatic hydroxyl groups excluding tert-OH is 1. The molecule has 7 nitrogen and oxygen atoms in total. The Morgan fingerprint density at radius 3 is 2.83 bits per heavy atom. The smallest absolute Gasteiger partial charge is 0.315 e. The third-order valence-corrected chi connectivity index (χ3v) is 5.25. The molecule has 3 rings (SSSR count). The molecule has 2 heterocycles. The van der Waals surface area contributed by atoms with Crippen molar-refractivity contribution in [2.24, 2.45) is 5.92 Å². The number of rotatable bonds is 4. The van der Waals surface area contributed by atoms with E-state index in [-0.39, 0.29) is 30.6 Å². The van der Waals surface area contributed by atoms with Crippen molar-refractivity contribution in [1.82, 2.24) is 25.4 Å². The fraction of sp³-hybridized carbons (Fsp3) is 0.824. The zero-order chi connectivity index (χ0) is 16.9. The molecule has 134 valence electrons. The lowest BCUT2D eigenvalue weighted by Gasteiger charge is -2.27. The molecule has 1 fully saturated rings. The van der Waals surface area contributed by atoms with Crippen LogP contribution < -0.4 is 10.6 Å². The van der Waals surface area contributed by atoms with Crippen LogP contribution >= 0.6 is 0 Å². The Labute approximate surface area is 143 Å². The van der Waals surface area contributed by atoms with Crippen LogP contribution in [0.2, 0.25) is 0 Å². The second-order valence-corrected chi connectivity index (χ2v) is 6.96. The summed E-state index contributed by atoms with van der Waals surface area (Å²) in [5, 5.41) is 20.2. The third-order valence-electron chi connectivity index (χ3n) is 5.25. The molecular weight excluding hydrogens is 306 g/mol. The van der Waals surface area contributed by atoms with Crippen LogP contribution in [0, 0.1) is 5.92 Å². The number of carbonyl (C=O) groups is 1. The highest BCUT2D eigenvalue weighted by molar-refractivity contribution is 5.74. The molecule has 1 aromatic rings. The number of nitrogens with one attached hydrogen (secondary N) is 2. The molecule has 3 unspecified atom stereocenters. The van der Waals surface area contributed by atoms with Gasteiger partial charge in [0.2, 0.25) is 0 Å². The molecule has 2 aliphatic rings. The summed E-state index contributed by atoms with van der Waals surface area (Å²) in [6.45, 7) is 3.05. The van der Waals surface area contributed by atoms with Crippen LogP contribution in [0.25, 0.3) is 0 Å². The largest absolute Gasteiger partial charge is 0.396 e. The second kappa shape index (κ2) is 7.96. The highest BCUT2D eigenvalue weighted by Crippen LogP contribution is 2.25. The molecular formula is C17H29N5O2. The lowest BCUT2D eigenvalue weighted by Crippen LogP contribution is -2.47. The van der Waals surface area contributed by atoms with Gasteiger partial charge in [0.05, 0.1) is 6.04 Å². The normalized spacial score (nSPS) is 27.2. The minimum atomic E-state index is -0.153. The van der Waals surface area contributed by atoms with Gasteiger partial charge in [-0.25, -0.2) is 14.5 Å². The highest BCUT2D eigenvalue weighted by Gasteiger charge is 2.28. The molecule has 1 aliphatic heterocycles. The van der Waals surface area contributed by atoms with Gasteiger partial charge in [-0.3, -0.25) is 0 Å². The number of aliphatic hydroxyl groups is 1. The van der Waals surface area contributed by atoms with Gasteiger partial charge in [0.1, 0.15) is 5.82 Å². The highest BCUT2D eigenvalue weighted by atomic mass is 16.3. The van der Waals surface area contributed by atoms with E-state index in [4.69, 9.17) is 0 Å². The maximum Gasteiger partial charge on any atom is 0.315 e. The molecule has 0 bridgehead atoms. The van der Waals surface area contributed by atoms with E-state index in [1.165, 1.54) is 6.42 Å². The Kier molecular flexibility index (Phi) is 5.71. The van der Waals surface area contributed by atoms with Gasteiger partial charge in [-0.15, -0.1) is 0 Å². The van der Waals surface area contributed by atoms with E-state index in [1.54, 1.807) is 0 Å². The standard InChI is InChI=1S/C17H29N5O2/c1-2-15-20-16-14(9-6-10-22(16)21-15)19-17(24)18-13-8-5-3-4-7-12(13)11-23/h12-14,23H,2-11H2,1H3,(H2,18,19,24). The van der Waals surface area contributed by atoms with Crippen LogP contribution in [-0.4, -0.2) is 38.6 Å². The van der Waals surface area contributed by atoms with Crippen molar-refractivity contribution in [3.05, 3.63) is 11.6 Å². The van der Waals surface area contributed by atoms with Gasteiger partial charge >= 0.3 is 6.03 Å². The summed E-state index contributed by atoms with van der Waals surface area (Å²) in [5.74, 6) is 1.87. The van der Waals surface area contributed by atoms with E-state index in [0.29, 0.717) is 0 Å². The molecule has 0 saturated heterocycles. The van der Waals surface area contributed by atoms with Crippen LogP contribution in [0.15, 0.2) is 0 Å². The SMILES string of the molecule is CCc1nc2n(n1)CCCC2NC(=O)NC1CCCCCC1CO. The maximum atomic E-state index is 12.5. The van der Waals surface area contributed by atoms with Crippen molar-refractivity contribution >= 4 is 6.03 Å². The molecule has 1 aromatic heterocycles. The predicted octanol–water partition coefficient (Wildman–Crippen LogP) is 1.92. The molecule has 2 amide bonds. The van der Waals surface area contributed by atoms with Crippen molar-refractivity contribution < 1.29 is 9.90 Å². The summed E-state index contributed by atoms with van der Waals surface area (Å²) in [6.07, 6.45) is 8.05. The summed E-state index contributed by atoms with van der Waals surface area (Å²) < 4.78 is 1.93. The lowest BCUT2D eigenvalue weighted by atomic mass is 9.96. The Morgan fingerprint density at radius 2 is 2.04 bits per heavy atom. The van der Waals surface area contributed by atoms with Gasteiger partial charge in [-0.05, 0) is 25.7 Å². The number of nitrogens with zero attached hydrogens (tertiary/aromatic N) is 3. The predicted molar refractivity (Wildman–Crippen MR) is 90.5 cm³/mol. The molecule has 3 atom stereocenters. The molecule has 24 heavy (non-hydrogen) atoms. The monoisotopic (exact) mass is 335 g/mol.